The van der Waals surface area contributed by atoms with Crippen molar-refractivity contribution in [1.29, 1.82) is 0 Å². The van der Waals surface area contributed by atoms with E-state index in [0.717, 1.165) is 11.1 Å². The van der Waals surface area contributed by atoms with Crippen molar-refractivity contribution in [2.24, 2.45) is 11.6 Å². The van der Waals surface area contributed by atoms with Gasteiger partial charge in [0.2, 0.25) is 0 Å². The Morgan fingerprint density at radius 2 is 2.19 bits per heavy atom. The van der Waals surface area contributed by atoms with Crippen LogP contribution in [0, 0.1) is 5.82 Å². The number of carbonyl (C=O) groups excluding carboxylic acids is 2. The van der Waals surface area contributed by atoms with E-state index in [-0.39, 0.29) is 23.6 Å². The molecular weight excluding hydrogens is 343 g/mol. The highest BCUT2D eigenvalue weighted by Crippen LogP contribution is 2.26. The number of aromatic nitrogens is 2. The molecule has 0 radical (unpaired) electrons. The van der Waals surface area contributed by atoms with E-state index in [4.69, 9.17) is 16.3 Å². The Morgan fingerprint density at radius 1 is 1.46 bits per heavy atom. The molecule has 2 aromatic heterocycles. The summed E-state index contributed by atoms with van der Waals surface area (Å²) < 4.78 is 19.4. The van der Waals surface area contributed by atoms with Crippen LogP contribution in [-0.2, 0) is 4.79 Å². The van der Waals surface area contributed by atoms with Gasteiger partial charge in [-0.1, -0.05) is 0 Å². The smallest absolute Gasteiger partial charge is 0.252 e. The number of ether oxygens (including phenoxy) is 1. The summed E-state index contributed by atoms with van der Waals surface area (Å²) in [4.78, 5) is 30.4. The number of nitrogens with two attached hydrogens (primary N) is 2. The average molecular weight is 362 g/mol. The number of carbonyl (C=O) groups is 2. The lowest BCUT2D eigenvalue weighted by atomic mass is 10.2. The third-order valence-corrected chi connectivity index (χ3v) is 3.59. The molecule has 0 spiro atoms. The van der Waals surface area contributed by atoms with Gasteiger partial charge in [0.1, 0.15) is 17.9 Å². The first kappa shape index (κ1) is 19.1. The Kier molecular flexibility index (Phi) is 6.02. The topological polar surface area (TPSA) is 136 Å². The number of hydrogen-bond donors (Lipinski definition) is 3. The number of methoxy groups -OCH3 is 1. The molecule has 0 bridgehead atoms. The van der Waals surface area contributed by atoms with E-state index in [2.05, 4.69) is 15.3 Å². The molecule has 2 rings (SSSR count). The molecule has 5 N–H and O–H groups in total. The molecule has 1 atom stereocenters. The summed E-state index contributed by atoms with van der Waals surface area (Å²) in [5.41, 5.74) is 5.59. The summed E-state index contributed by atoms with van der Waals surface area (Å²) in [5, 5.41) is 3.87. The van der Waals surface area contributed by atoms with Gasteiger partial charge in [-0.3, -0.25) is 14.8 Å². The zero-order valence-electron chi connectivity index (χ0n) is 14.3. The Morgan fingerprint density at radius 3 is 2.81 bits per heavy atom. The number of hydrazine groups is 1. The Hall–Kier alpha value is -3.27. The molecule has 26 heavy (non-hydrogen) atoms. The molecule has 10 heteroatoms. The standard InChI is InChI=1S/C16H19FN6O3/c1-9(3-4-24)23(19)16-13(17)6-12(14(18)25)15(22-16)21-10-5-11(26-2)8-20-7-10/h4-9H,3,19H2,1-2H3,(H2,18,25)(H,21,22). The fourth-order valence-electron chi connectivity index (χ4n) is 2.14. The molecule has 0 fully saturated rings. The van der Waals surface area contributed by atoms with Crippen LogP contribution in [0.2, 0.25) is 0 Å². The van der Waals surface area contributed by atoms with Crippen LogP contribution >= 0.6 is 0 Å². The third kappa shape index (κ3) is 4.22. The summed E-state index contributed by atoms with van der Waals surface area (Å²) in [5.74, 6) is 4.38. The van der Waals surface area contributed by atoms with Gasteiger partial charge in [-0.25, -0.2) is 15.2 Å². The predicted octanol–water partition coefficient (Wildman–Crippen LogP) is 1.12. The number of hydrogen-bond acceptors (Lipinski definition) is 8. The van der Waals surface area contributed by atoms with Crippen molar-refractivity contribution in [3.63, 3.8) is 0 Å². The van der Waals surface area contributed by atoms with Gasteiger partial charge in [0, 0.05) is 12.5 Å². The highest BCUT2D eigenvalue weighted by Gasteiger charge is 2.21. The lowest BCUT2D eigenvalue weighted by Crippen LogP contribution is -2.41. The van der Waals surface area contributed by atoms with Gasteiger partial charge in [-0.2, -0.15) is 0 Å². The first-order valence-corrected chi connectivity index (χ1v) is 7.61. The summed E-state index contributed by atoms with van der Waals surface area (Å²) in [7, 11) is 1.48. The number of aldehydes is 1. The van der Waals surface area contributed by atoms with E-state index in [9.17, 15) is 14.0 Å². The van der Waals surface area contributed by atoms with Crippen molar-refractivity contribution in [3.8, 4) is 5.75 Å². The highest BCUT2D eigenvalue weighted by atomic mass is 19.1. The monoisotopic (exact) mass is 362 g/mol. The van der Waals surface area contributed by atoms with Crippen LogP contribution in [0.5, 0.6) is 5.75 Å². The first-order chi connectivity index (χ1) is 12.4. The van der Waals surface area contributed by atoms with Crippen molar-refractivity contribution >= 4 is 29.5 Å². The normalized spacial score (nSPS) is 11.5. The van der Waals surface area contributed by atoms with E-state index < -0.39 is 17.8 Å². The van der Waals surface area contributed by atoms with Crippen LogP contribution in [0.4, 0.5) is 21.7 Å². The molecule has 138 valence electrons. The molecule has 0 aliphatic heterocycles. The van der Waals surface area contributed by atoms with Crippen LogP contribution in [0.1, 0.15) is 23.7 Å². The minimum Gasteiger partial charge on any atom is -0.495 e. The molecule has 2 aromatic rings. The van der Waals surface area contributed by atoms with Gasteiger partial charge in [0.15, 0.2) is 11.6 Å². The minimum atomic E-state index is -0.870. The molecule has 1 amide bonds. The molecule has 0 saturated heterocycles. The summed E-state index contributed by atoms with van der Waals surface area (Å²) in [6, 6.07) is 2.05. The maximum absolute atomic E-state index is 14.4. The minimum absolute atomic E-state index is 0.00212. The molecule has 0 saturated carbocycles. The van der Waals surface area contributed by atoms with Crippen LogP contribution in [0.15, 0.2) is 24.5 Å². The number of halogens is 1. The maximum atomic E-state index is 14.4. The number of primary amides is 1. The number of anilines is 3. The van der Waals surface area contributed by atoms with E-state index in [1.54, 1.807) is 13.0 Å². The zero-order valence-corrected chi connectivity index (χ0v) is 14.3. The van der Waals surface area contributed by atoms with Gasteiger partial charge < -0.3 is 20.6 Å². The van der Waals surface area contributed by atoms with E-state index in [1.807, 2.05) is 0 Å². The number of nitrogens with one attached hydrogen (secondary N) is 1. The summed E-state index contributed by atoms with van der Waals surface area (Å²) >= 11 is 0. The quantitative estimate of drug-likeness (QED) is 0.361. The van der Waals surface area contributed by atoms with Crippen molar-refractivity contribution < 1.29 is 18.7 Å². The second-order valence-corrected chi connectivity index (χ2v) is 5.45. The largest absolute Gasteiger partial charge is 0.495 e. The lowest BCUT2D eigenvalue weighted by molar-refractivity contribution is -0.108. The van der Waals surface area contributed by atoms with Gasteiger partial charge in [0.05, 0.1) is 36.8 Å². The Bertz CT molecular complexity index is 817. The molecular formula is C16H19FN6O3. The summed E-state index contributed by atoms with van der Waals surface area (Å²) in [6.45, 7) is 1.64. The molecule has 0 aliphatic carbocycles. The fourth-order valence-corrected chi connectivity index (χ4v) is 2.14. The van der Waals surface area contributed by atoms with Crippen LogP contribution in [-0.4, -0.2) is 35.3 Å². The van der Waals surface area contributed by atoms with Crippen molar-refractivity contribution in [2.45, 2.75) is 19.4 Å². The average Bonchev–Trinajstić information content (AvgIpc) is 2.62. The van der Waals surface area contributed by atoms with Crippen molar-refractivity contribution in [2.75, 3.05) is 17.4 Å². The van der Waals surface area contributed by atoms with Gasteiger partial charge in [-0.15, -0.1) is 0 Å². The second kappa shape index (κ2) is 8.21. The Balaban J connectivity index is 2.46. The molecule has 0 aromatic carbocycles. The number of amides is 1. The van der Waals surface area contributed by atoms with Gasteiger partial charge in [-0.05, 0) is 13.0 Å². The van der Waals surface area contributed by atoms with E-state index >= 15 is 0 Å². The second-order valence-electron chi connectivity index (χ2n) is 5.45. The highest BCUT2D eigenvalue weighted by molar-refractivity contribution is 5.98. The van der Waals surface area contributed by atoms with Crippen LogP contribution in [0.25, 0.3) is 0 Å². The third-order valence-electron chi connectivity index (χ3n) is 3.59. The Labute approximate surface area is 149 Å². The first-order valence-electron chi connectivity index (χ1n) is 7.61. The number of rotatable bonds is 8. The number of nitrogens with zero attached hydrogens (tertiary/aromatic N) is 3. The van der Waals surface area contributed by atoms with Crippen molar-refractivity contribution in [3.05, 3.63) is 35.9 Å². The van der Waals surface area contributed by atoms with Crippen LogP contribution in [0.3, 0.4) is 0 Å². The number of pyridine rings is 2. The molecule has 2 heterocycles. The van der Waals surface area contributed by atoms with Crippen molar-refractivity contribution in [1.82, 2.24) is 9.97 Å². The fraction of sp³-hybridized carbons (Fsp3) is 0.250. The van der Waals surface area contributed by atoms with E-state index in [0.29, 0.717) is 17.7 Å². The summed E-state index contributed by atoms with van der Waals surface area (Å²) in [6.07, 6.45) is 3.71. The molecule has 1 unspecified atom stereocenters. The molecule has 9 nitrogen and oxygen atoms in total. The molecule has 0 aliphatic rings. The lowest BCUT2D eigenvalue weighted by Gasteiger charge is -2.25. The van der Waals surface area contributed by atoms with Gasteiger partial charge in [0.25, 0.3) is 5.91 Å². The van der Waals surface area contributed by atoms with E-state index in [1.165, 1.54) is 19.5 Å². The van der Waals surface area contributed by atoms with Crippen LogP contribution < -0.4 is 26.6 Å². The zero-order chi connectivity index (χ0) is 19.3. The predicted molar refractivity (Wildman–Crippen MR) is 93.6 cm³/mol. The SMILES string of the molecule is COc1cncc(Nc2nc(N(N)C(C)CC=O)c(F)cc2C(N)=O)c1. The maximum Gasteiger partial charge on any atom is 0.252 e. The van der Waals surface area contributed by atoms with Gasteiger partial charge >= 0.3 is 0 Å².